The SMILES string of the molecule is CCC1CCC(=O)C1.CCOC=O. The summed E-state index contributed by atoms with van der Waals surface area (Å²) in [5, 5.41) is 0. The van der Waals surface area contributed by atoms with Crippen molar-refractivity contribution in [1.29, 1.82) is 0 Å². The summed E-state index contributed by atoms with van der Waals surface area (Å²) in [6.45, 7) is 4.82. The van der Waals surface area contributed by atoms with Gasteiger partial charge in [0.15, 0.2) is 0 Å². The number of carbonyl (C=O) groups excluding carboxylic acids is 2. The Balaban J connectivity index is 0.000000252. The lowest BCUT2D eigenvalue weighted by Crippen LogP contribution is -1.91. The van der Waals surface area contributed by atoms with E-state index >= 15 is 0 Å². The molecule has 0 N–H and O–H groups in total. The number of ketones is 1. The van der Waals surface area contributed by atoms with E-state index in [9.17, 15) is 9.59 Å². The van der Waals surface area contributed by atoms with E-state index in [2.05, 4.69) is 11.7 Å². The summed E-state index contributed by atoms with van der Waals surface area (Å²) in [4.78, 5) is 19.8. The molecule has 0 spiro atoms. The smallest absolute Gasteiger partial charge is 0.293 e. The van der Waals surface area contributed by atoms with Crippen LogP contribution in [0.3, 0.4) is 0 Å². The molecule has 1 aliphatic carbocycles. The van der Waals surface area contributed by atoms with Gasteiger partial charge >= 0.3 is 0 Å². The average Bonchev–Trinajstić information content (AvgIpc) is 2.54. The van der Waals surface area contributed by atoms with E-state index in [0.29, 0.717) is 18.9 Å². The minimum atomic E-state index is 0.431. The van der Waals surface area contributed by atoms with Crippen LogP contribution < -0.4 is 0 Å². The zero-order chi connectivity index (χ0) is 10.1. The van der Waals surface area contributed by atoms with E-state index in [1.807, 2.05) is 0 Å². The zero-order valence-corrected chi connectivity index (χ0v) is 8.41. The van der Waals surface area contributed by atoms with E-state index in [1.165, 1.54) is 6.42 Å². The van der Waals surface area contributed by atoms with E-state index in [0.717, 1.165) is 25.2 Å². The first-order valence-electron chi connectivity index (χ1n) is 4.81. The summed E-state index contributed by atoms with van der Waals surface area (Å²) in [5.41, 5.74) is 0. The normalized spacial score (nSPS) is 20.5. The zero-order valence-electron chi connectivity index (χ0n) is 8.41. The fourth-order valence-electron chi connectivity index (χ4n) is 1.31. The van der Waals surface area contributed by atoms with Crippen LogP contribution in [-0.2, 0) is 14.3 Å². The first kappa shape index (κ1) is 12.1. The molecule has 3 heteroatoms. The molecular weight excluding hydrogens is 168 g/mol. The summed E-state index contributed by atoms with van der Waals surface area (Å²) in [6, 6.07) is 0. The minimum absolute atomic E-state index is 0.431. The molecule has 0 aromatic heterocycles. The summed E-state index contributed by atoms with van der Waals surface area (Å²) in [7, 11) is 0. The van der Waals surface area contributed by atoms with Crippen molar-refractivity contribution in [2.45, 2.75) is 39.5 Å². The molecule has 1 fully saturated rings. The average molecular weight is 186 g/mol. The molecule has 0 amide bonds. The number of hydrogen-bond acceptors (Lipinski definition) is 3. The molecule has 3 nitrogen and oxygen atoms in total. The molecule has 1 aliphatic rings. The molecular formula is C10H18O3. The van der Waals surface area contributed by atoms with Gasteiger partial charge in [0.25, 0.3) is 6.47 Å². The number of rotatable bonds is 3. The number of Topliss-reactive ketones (excluding diaryl/α,β-unsaturated/α-hetero) is 1. The molecule has 1 rings (SSSR count). The summed E-state index contributed by atoms with van der Waals surface area (Å²) in [5.74, 6) is 1.19. The van der Waals surface area contributed by atoms with Crippen molar-refractivity contribution >= 4 is 12.3 Å². The quantitative estimate of drug-likeness (QED) is 0.633. The number of hydrogen-bond donors (Lipinski definition) is 0. The molecule has 1 atom stereocenters. The third-order valence-corrected chi connectivity index (χ3v) is 2.16. The predicted molar refractivity (Wildman–Crippen MR) is 50.3 cm³/mol. The van der Waals surface area contributed by atoms with Gasteiger partial charge in [0.2, 0.25) is 0 Å². The second kappa shape index (κ2) is 7.77. The van der Waals surface area contributed by atoms with Crippen LogP contribution in [0, 0.1) is 5.92 Å². The maximum absolute atomic E-state index is 10.6. The second-order valence-electron chi connectivity index (χ2n) is 3.11. The summed E-state index contributed by atoms with van der Waals surface area (Å²) in [6.07, 6.45) is 4.04. The molecule has 0 heterocycles. The molecule has 0 saturated heterocycles. The van der Waals surface area contributed by atoms with Crippen molar-refractivity contribution in [2.75, 3.05) is 6.61 Å². The highest BCUT2D eigenvalue weighted by atomic mass is 16.5. The van der Waals surface area contributed by atoms with Gasteiger partial charge in [-0.2, -0.15) is 0 Å². The van der Waals surface area contributed by atoms with E-state index in [4.69, 9.17) is 0 Å². The second-order valence-corrected chi connectivity index (χ2v) is 3.11. The largest absolute Gasteiger partial charge is 0.468 e. The highest BCUT2D eigenvalue weighted by molar-refractivity contribution is 5.80. The summed E-state index contributed by atoms with van der Waals surface area (Å²) >= 11 is 0. The Labute approximate surface area is 79.5 Å². The Morgan fingerprint density at radius 3 is 2.38 bits per heavy atom. The Hall–Kier alpha value is -0.860. The lowest BCUT2D eigenvalue weighted by Gasteiger charge is -1.98. The van der Waals surface area contributed by atoms with Crippen molar-refractivity contribution in [3.05, 3.63) is 0 Å². The molecule has 0 aliphatic heterocycles. The van der Waals surface area contributed by atoms with E-state index < -0.39 is 0 Å². The van der Waals surface area contributed by atoms with Crippen LogP contribution in [-0.4, -0.2) is 18.9 Å². The van der Waals surface area contributed by atoms with Crippen LogP contribution in [0.4, 0.5) is 0 Å². The predicted octanol–water partition coefficient (Wildman–Crippen LogP) is 1.94. The third kappa shape index (κ3) is 6.31. The van der Waals surface area contributed by atoms with Crippen LogP contribution >= 0.6 is 0 Å². The first-order valence-corrected chi connectivity index (χ1v) is 4.81. The number of carbonyl (C=O) groups is 2. The van der Waals surface area contributed by atoms with Crippen molar-refractivity contribution in [1.82, 2.24) is 0 Å². The summed E-state index contributed by atoms with van der Waals surface area (Å²) < 4.78 is 4.15. The molecule has 0 aromatic carbocycles. The van der Waals surface area contributed by atoms with Gasteiger partial charge in [0.05, 0.1) is 6.61 Å². The maximum Gasteiger partial charge on any atom is 0.293 e. The molecule has 13 heavy (non-hydrogen) atoms. The lowest BCUT2D eigenvalue weighted by atomic mass is 10.1. The van der Waals surface area contributed by atoms with Crippen molar-refractivity contribution in [3.8, 4) is 0 Å². The minimum Gasteiger partial charge on any atom is -0.468 e. The highest BCUT2D eigenvalue weighted by Crippen LogP contribution is 2.23. The topological polar surface area (TPSA) is 43.4 Å². The molecule has 76 valence electrons. The van der Waals surface area contributed by atoms with Gasteiger partial charge in [-0.05, 0) is 19.3 Å². The molecule has 0 radical (unpaired) electrons. The van der Waals surface area contributed by atoms with Gasteiger partial charge in [-0.15, -0.1) is 0 Å². The van der Waals surface area contributed by atoms with Crippen LogP contribution in [0.1, 0.15) is 39.5 Å². The molecule has 0 aromatic rings. The van der Waals surface area contributed by atoms with Crippen molar-refractivity contribution in [3.63, 3.8) is 0 Å². The van der Waals surface area contributed by atoms with Gasteiger partial charge in [-0.3, -0.25) is 9.59 Å². The van der Waals surface area contributed by atoms with Gasteiger partial charge in [-0.1, -0.05) is 13.3 Å². The van der Waals surface area contributed by atoms with Crippen molar-refractivity contribution < 1.29 is 14.3 Å². The molecule has 1 saturated carbocycles. The van der Waals surface area contributed by atoms with E-state index in [-0.39, 0.29) is 0 Å². The fraction of sp³-hybridized carbons (Fsp3) is 0.800. The Bertz CT molecular complexity index is 154. The van der Waals surface area contributed by atoms with Crippen LogP contribution in [0.15, 0.2) is 0 Å². The highest BCUT2D eigenvalue weighted by Gasteiger charge is 2.19. The van der Waals surface area contributed by atoms with Gasteiger partial charge in [0.1, 0.15) is 5.78 Å². The molecule has 0 bridgehead atoms. The third-order valence-electron chi connectivity index (χ3n) is 2.16. The Kier molecular flexibility index (Phi) is 7.26. The lowest BCUT2D eigenvalue weighted by molar-refractivity contribution is -0.128. The van der Waals surface area contributed by atoms with Crippen LogP contribution in [0.25, 0.3) is 0 Å². The fourth-order valence-corrected chi connectivity index (χ4v) is 1.31. The maximum atomic E-state index is 10.6. The first-order chi connectivity index (χ1) is 6.24. The van der Waals surface area contributed by atoms with Crippen LogP contribution in [0.5, 0.6) is 0 Å². The van der Waals surface area contributed by atoms with E-state index in [1.54, 1.807) is 6.92 Å². The van der Waals surface area contributed by atoms with Crippen molar-refractivity contribution in [2.24, 2.45) is 5.92 Å². The monoisotopic (exact) mass is 186 g/mol. The van der Waals surface area contributed by atoms with Gasteiger partial charge < -0.3 is 4.74 Å². The van der Waals surface area contributed by atoms with Crippen LogP contribution in [0.2, 0.25) is 0 Å². The molecule has 1 unspecified atom stereocenters. The Morgan fingerprint density at radius 2 is 2.23 bits per heavy atom. The van der Waals surface area contributed by atoms with Gasteiger partial charge in [0, 0.05) is 12.8 Å². The Morgan fingerprint density at radius 1 is 1.54 bits per heavy atom. The number of ether oxygens (including phenoxy) is 1. The standard InChI is InChI=1S/C7H12O.C3H6O2/c1-2-6-3-4-7(8)5-6;1-2-5-3-4/h6H,2-5H2,1H3;3H,2H2,1H3. The van der Waals surface area contributed by atoms with Gasteiger partial charge in [-0.25, -0.2) is 0 Å².